The van der Waals surface area contributed by atoms with Gasteiger partial charge >= 0.3 is 6.18 Å². The van der Waals surface area contributed by atoms with E-state index in [-0.39, 0.29) is 26.1 Å². The molecule has 100 valence electrons. The van der Waals surface area contributed by atoms with Gasteiger partial charge in [0, 0.05) is 12.6 Å². The number of amides is 1. The molecule has 1 atom stereocenters. The van der Waals surface area contributed by atoms with Gasteiger partial charge in [0.25, 0.3) is 0 Å². The number of halogens is 3. The number of rotatable bonds is 3. The number of alkyl halides is 3. The highest BCUT2D eigenvalue weighted by Crippen LogP contribution is 2.43. The summed E-state index contributed by atoms with van der Waals surface area (Å²) in [6.07, 6.45) is -3.52. The van der Waals surface area contributed by atoms with Crippen molar-refractivity contribution in [2.24, 2.45) is 5.41 Å². The summed E-state index contributed by atoms with van der Waals surface area (Å²) in [4.78, 5) is 11.8. The first-order chi connectivity index (χ1) is 8.46. The van der Waals surface area contributed by atoms with E-state index in [1.165, 1.54) is 12.3 Å². The molecule has 1 aliphatic rings. The van der Waals surface area contributed by atoms with Crippen molar-refractivity contribution in [2.75, 3.05) is 13.1 Å². The Morgan fingerprint density at radius 1 is 1.61 bits per heavy atom. The van der Waals surface area contributed by atoms with Crippen LogP contribution >= 0.6 is 0 Å². The van der Waals surface area contributed by atoms with Gasteiger partial charge in [-0.3, -0.25) is 4.79 Å². The number of hydrogen-bond acceptors (Lipinski definition) is 4. The van der Waals surface area contributed by atoms with Crippen LogP contribution in [0.3, 0.4) is 0 Å². The number of carbonyl (C=O) groups is 1. The van der Waals surface area contributed by atoms with E-state index in [4.69, 9.17) is 0 Å². The third kappa shape index (κ3) is 2.20. The number of nitrogens with zero attached hydrogens (tertiary/aromatic N) is 1. The van der Waals surface area contributed by atoms with E-state index in [1.807, 2.05) is 0 Å². The van der Waals surface area contributed by atoms with E-state index in [0.29, 0.717) is 5.69 Å². The molecule has 1 amide bonds. The van der Waals surface area contributed by atoms with Gasteiger partial charge < -0.3 is 15.2 Å². The van der Waals surface area contributed by atoms with Gasteiger partial charge in [0.05, 0.1) is 6.54 Å². The maximum absolute atomic E-state index is 13.0. The average molecular weight is 263 g/mol. The molecule has 18 heavy (non-hydrogen) atoms. The minimum atomic E-state index is -4.57. The smallest absolute Gasteiger partial charge is 0.364 e. The fraction of sp³-hybridized carbons (Fsp3) is 0.600. The van der Waals surface area contributed by atoms with Crippen molar-refractivity contribution in [3.63, 3.8) is 0 Å². The number of hydrogen-bond donors (Lipinski definition) is 2. The summed E-state index contributed by atoms with van der Waals surface area (Å²) in [5.74, 6) is -1.02. The Labute approximate surface area is 101 Å². The topological polar surface area (TPSA) is 67.2 Å². The van der Waals surface area contributed by atoms with Crippen LogP contribution < -0.4 is 10.6 Å². The molecule has 8 heteroatoms. The van der Waals surface area contributed by atoms with Crippen molar-refractivity contribution in [1.29, 1.82) is 0 Å². The van der Waals surface area contributed by atoms with E-state index in [9.17, 15) is 18.0 Å². The van der Waals surface area contributed by atoms with Crippen molar-refractivity contribution in [3.05, 3.63) is 18.0 Å². The lowest BCUT2D eigenvalue weighted by atomic mass is 9.85. The lowest BCUT2D eigenvalue weighted by molar-refractivity contribution is -0.216. The first-order valence-electron chi connectivity index (χ1n) is 5.41. The molecule has 0 aliphatic carbocycles. The summed E-state index contributed by atoms with van der Waals surface area (Å²) in [5.41, 5.74) is -1.96. The van der Waals surface area contributed by atoms with Gasteiger partial charge in [0.1, 0.15) is 12.0 Å². The number of nitrogens with one attached hydrogen (secondary N) is 2. The Morgan fingerprint density at radius 3 is 2.89 bits per heavy atom. The van der Waals surface area contributed by atoms with E-state index in [0.717, 1.165) is 0 Å². The van der Waals surface area contributed by atoms with Crippen LogP contribution in [0.1, 0.15) is 12.1 Å². The van der Waals surface area contributed by atoms with Crippen LogP contribution in [-0.4, -0.2) is 30.3 Å². The lowest BCUT2D eigenvalue weighted by Crippen LogP contribution is -2.52. The van der Waals surface area contributed by atoms with Crippen LogP contribution in [0.5, 0.6) is 0 Å². The molecule has 2 heterocycles. The Morgan fingerprint density at radius 2 is 2.39 bits per heavy atom. The molecular weight excluding hydrogens is 251 g/mol. The maximum atomic E-state index is 13.0. The molecule has 0 spiro atoms. The second-order valence-corrected chi connectivity index (χ2v) is 4.18. The van der Waals surface area contributed by atoms with E-state index in [1.54, 1.807) is 0 Å². The Bertz CT molecular complexity index is 411. The summed E-state index contributed by atoms with van der Waals surface area (Å²) in [6.45, 7) is -0.287. The Hall–Kier alpha value is -1.57. The first kappa shape index (κ1) is 12.9. The maximum Gasteiger partial charge on any atom is 0.404 e. The monoisotopic (exact) mass is 263 g/mol. The van der Waals surface area contributed by atoms with Gasteiger partial charge in [0.15, 0.2) is 5.41 Å². The minimum absolute atomic E-state index is 0.0762. The highest BCUT2D eigenvalue weighted by molar-refractivity contribution is 5.84. The zero-order chi connectivity index (χ0) is 13.2. The number of carbonyl (C=O) groups excluding carboxylic acids is 1. The molecule has 1 unspecified atom stereocenters. The van der Waals surface area contributed by atoms with Crippen LogP contribution in [0.2, 0.25) is 0 Å². The molecule has 0 aromatic carbocycles. The third-order valence-corrected chi connectivity index (χ3v) is 3.05. The van der Waals surface area contributed by atoms with Crippen molar-refractivity contribution < 1.29 is 22.5 Å². The Balaban J connectivity index is 2.05. The second kappa shape index (κ2) is 4.60. The van der Waals surface area contributed by atoms with Crippen LogP contribution in [0.15, 0.2) is 16.9 Å². The molecule has 0 saturated carbocycles. The summed E-state index contributed by atoms with van der Waals surface area (Å²) < 4.78 is 43.5. The van der Waals surface area contributed by atoms with Crippen molar-refractivity contribution >= 4 is 5.91 Å². The second-order valence-electron chi connectivity index (χ2n) is 4.18. The molecule has 1 fully saturated rings. The molecule has 0 radical (unpaired) electrons. The van der Waals surface area contributed by atoms with Crippen LogP contribution in [0.25, 0.3) is 0 Å². The average Bonchev–Trinajstić information content (AvgIpc) is 2.96. The molecule has 1 aromatic rings. The van der Waals surface area contributed by atoms with Gasteiger partial charge in [-0.05, 0) is 13.0 Å². The molecule has 1 aromatic heterocycles. The molecule has 0 bridgehead atoms. The fourth-order valence-corrected chi connectivity index (χ4v) is 1.93. The highest BCUT2D eigenvalue weighted by atomic mass is 19.4. The SMILES string of the molecule is O=C(NCc1ccon1)C1(C(F)(F)F)CCNC1. The van der Waals surface area contributed by atoms with E-state index < -0.39 is 17.5 Å². The number of aromatic nitrogens is 1. The van der Waals surface area contributed by atoms with Crippen molar-refractivity contribution in [2.45, 2.75) is 19.1 Å². The quantitative estimate of drug-likeness (QED) is 0.847. The van der Waals surface area contributed by atoms with E-state index >= 15 is 0 Å². The zero-order valence-electron chi connectivity index (χ0n) is 9.38. The predicted octanol–water partition coefficient (Wildman–Crippen LogP) is 0.833. The normalized spacial score (nSPS) is 24.2. The highest BCUT2D eigenvalue weighted by Gasteiger charge is 2.61. The predicted molar refractivity (Wildman–Crippen MR) is 54.3 cm³/mol. The first-order valence-corrected chi connectivity index (χ1v) is 5.41. The van der Waals surface area contributed by atoms with Crippen LogP contribution in [0.4, 0.5) is 13.2 Å². The molecule has 2 rings (SSSR count). The van der Waals surface area contributed by atoms with Crippen LogP contribution in [0, 0.1) is 5.41 Å². The molecule has 1 aliphatic heterocycles. The summed E-state index contributed by atoms with van der Waals surface area (Å²) in [5, 5.41) is 8.34. The standard InChI is InChI=1S/C10H12F3N3O2/c11-10(12,13)9(2-3-14-6-9)8(17)15-5-7-1-4-18-16-7/h1,4,14H,2-3,5-6H2,(H,15,17). The molecule has 5 nitrogen and oxygen atoms in total. The van der Waals surface area contributed by atoms with Crippen molar-refractivity contribution in [1.82, 2.24) is 15.8 Å². The fourth-order valence-electron chi connectivity index (χ4n) is 1.93. The molecule has 2 N–H and O–H groups in total. The molecular formula is C10H12F3N3O2. The van der Waals surface area contributed by atoms with Gasteiger partial charge in [0.2, 0.25) is 5.91 Å². The van der Waals surface area contributed by atoms with Gasteiger partial charge in [-0.15, -0.1) is 0 Å². The van der Waals surface area contributed by atoms with Crippen molar-refractivity contribution in [3.8, 4) is 0 Å². The minimum Gasteiger partial charge on any atom is -0.364 e. The Kier molecular flexibility index (Phi) is 3.29. The third-order valence-electron chi connectivity index (χ3n) is 3.05. The van der Waals surface area contributed by atoms with Crippen LogP contribution in [-0.2, 0) is 11.3 Å². The zero-order valence-corrected chi connectivity index (χ0v) is 9.38. The lowest BCUT2D eigenvalue weighted by Gasteiger charge is -2.29. The van der Waals surface area contributed by atoms with Gasteiger partial charge in [-0.25, -0.2) is 0 Å². The summed E-state index contributed by atoms with van der Waals surface area (Å²) in [6, 6.07) is 1.48. The largest absolute Gasteiger partial charge is 0.404 e. The van der Waals surface area contributed by atoms with Gasteiger partial charge in [-0.2, -0.15) is 13.2 Å². The summed E-state index contributed by atoms with van der Waals surface area (Å²) >= 11 is 0. The molecule has 1 saturated heterocycles. The van der Waals surface area contributed by atoms with Gasteiger partial charge in [-0.1, -0.05) is 5.16 Å². The summed E-state index contributed by atoms with van der Waals surface area (Å²) in [7, 11) is 0. The van der Waals surface area contributed by atoms with E-state index in [2.05, 4.69) is 20.3 Å².